The topological polar surface area (TPSA) is 42.2 Å². The third kappa shape index (κ3) is 4.25. The van der Waals surface area contributed by atoms with Crippen molar-refractivity contribution < 1.29 is 9.21 Å². The fourth-order valence-electron chi connectivity index (χ4n) is 3.17. The quantitative estimate of drug-likeness (QED) is 0.783. The summed E-state index contributed by atoms with van der Waals surface area (Å²) < 4.78 is 5.53. The maximum atomic E-state index is 11.5. The molecule has 1 aromatic rings. The summed E-state index contributed by atoms with van der Waals surface area (Å²) >= 11 is 0. The molecule has 0 radical (unpaired) electrons. The predicted molar refractivity (Wildman–Crippen MR) is 95.2 cm³/mol. The van der Waals surface area contributed by atoms with Gasteiger partial charge in [-0.25, -0.2) is 0 Å². The first-order chi connectivity index (χ1) is 10.8. The molecule has 3 heteroatoms. The molecule has 1 amide bonds. The summed E-state index contributed by atoms with van der Waals surface area (Å²) in [4.78, 5) is 11.5. The molecule has 0 spiro atoms. The van der Waals surface area contributed by atoms with Crippen LogP contribution in [0.3, 0.4) is 0 Å². The molecule has 0 bridgehead atoms. The summed E-state index contributed by atoms with van der Waals surface area (Å²) in [6.45, 7) is 8.92. The molecule has 1 aliphatic rings. The number of carbonyl (C=O) groups is 1. The molecular weight excluding hydrogens is 286 g/mol. The zero-order valence-corrected chi connectivity index (χ0v) is 14.8. The molecule has 2 rings (SSSR count). The third-order valence-electron chi connectivity index (χ3n) is 4.50. The molecule has 1 aromatic heterocycles. The fraction of sp³-hybridized carbons (Fsp3) is 0.450. The van der Waals surface area contributed by atoms with Gasteiger partial charge in [0.25, 0.3) is 5.91 Å². The van der Waals surface area contributed by atoms with Crippen LogP contribution < -0.4 is 5.32 Å². The highest BCUT2D eigenvalue weighted by Gasteiger charge is 2.26. The van der Waals surface area contributed by atoms with Gasteiger partial charge >= 0.3 is 0 Å². The van der Waals surface area contributed by atoms with Crippen LogP contribution in [-0.4, -0.2) is 13.0 Å². The maximum Gasteiger partial charge on any atom is 0.286 e. The van der Waals surface area contributed by atoms with Crippen LogP contribution in [0.2, 0.25) is 0 Å². The van der Waals surface area contributed by atoms with Crippen LogP contribution in [0.15, 0.2) is 45.4 Å². The summed E-state index contributed by atoms with van der Waals surface area (Å²) in [7, 11) is 1.59. The van der Waals surface area contributed by atoms with Gasteiger partial charge in [0.05, 0.1) is 0 Å². The van der Waals surface area contributed by atoms with Crippen molar-refractivity contribution in [1.29, 1.82) is 0 Å². The number of hydrogen-bond acceptors (Lipinski definition) is 2. The van der Waals surface area contributed by atoms with Crippen molar-refractivity contribution in [2.24, 2.45) is 5.41 Å². The van der Waals surface area contributed by atoms with Gasteiger partial charge in [-0.1, -0.05) is 31.6 Å². The minimum absolute atomic E-state index is 0.206. The Hall–Kier alpha value is -2.03. The van der Waals surface area contributed by atoms with Crippen molar-refractivity contribution in [3.05, 3.63) is 52.5 Å². The number of hydrogen-bond donors (Lipinski definition) is 1. The summed E-state index contributed by atoms with van der Waals surface area (Å²) in [6.07, 6.45) is 10.0. The van der Waals surface area contributed by atoms with Crippen LogP contribution >= 0.6 is 0 Å². The van der Waals surface area contributed by atoms with E-state index in [-0.39, 0.29) is 11.3 Å². The molecule has 3 nitrogen and oxygen atoms in total. The van der Waals surface area contributed by atoms with E-state index in [0.717, 1.165) is 5.57 Å². The molecule has 0 saturated carbocycles. The number of rotatable bonds is 4. The first-order valence-electron chi connectivity index (χ1n) is 8.22. The Morgan fingerprint density at radius 1 is 1.35 bits per heavy atom. The lowest BCUT2D eigenvalue weighted by molar-refractivity contribution is 0.0935. The summed E-state index contributed by atoms with van der Waals surface area (Å²) in [6, 6.07) is 3.51. The van der Waals surface area contributed by atoms with E-state index >= 15 is 0 Å². The molecule has 1 N–H and O–H groups in total. The SMILES string of the molecule is CNC(=O)c1ccc(/C=C(\C)C=CC2=C(C)CCCC2(C)C)o1. The van der Waals surface area contributed by atoms with Crippen LogP contribution in [0.4, 0.5) is 0 Å². The first kappa shape index (κ1) is 17.3. The normalized spacial score (nSPS) is 18.6. The lowest BCUT2D eigenvalue weighted by Gasteiger charge is -2.32. The van der Waals surface area contributed by atoms with Crippen LogP contribution in [0, 0.1) is 5.41 Å². The summed E-state index contributed by atoms with van der Waals surface area (Å²) in [5.41, 5.74) is 4.28. The van der Waals surface area contributed by atoms with Crippen LogP contribution in [0.25, 0.3) is 6.08 Å². The maximum absolute atomic E-state index is 11.5. The zero-order chi connectivity index (χ0) is 17.0. The van der Waals surface area contributed by atoms with Crippen molar-refractivity contribution >= 4 is 12.0 Å². The third-order valence-corrected chi connectivity index (χ3v) is 4.50. The number of carbonyl (C=O) groups excluding carboxylic acids is 1. The second kappa shape index (κ2) is 7.03. The monoisotopic (exact) mass is 313 g/mol. The Bertz CT molecular complexity index is 672. The van der Waals surface area contributed by atoms with Crippen molar-refractivity contribution in [1.82, 2.24) is 5.32 Å². The van der Waals surface area contributed by atoms with E-state index < -0.39 is 0 Å². The van der Waals surface area contributed by atoms with E-state index in [4.69, 9.17) is 4.42 Å². The molecule has 1 heterocycles. The number of furan rings is 1. The van der Waals surface area contributed by atoms with Gasteiger partial charge in [0.2, 0.25) is 0 Å². The minimum atomic E-state index is -0.206. The van der Waals surface area contributed by atoms with E-state index in [2.05, 4.69) is 38.2 Å². The fourth-order valence-corrected chi connectivity index (χ4v) is 3.17. The van der Waals surface area contributed by atoms with Gasteiger partial charge in [-0.2, -0.15) is 0 Å². The molecule has 0 saturated heterocycles. The minimum Gasteiger partial charge on any atom is -0.452 e. The van der Waals surface area contributed by atoms with Crippen molar-refractivity contribution in [2.45, 2.75) is 47.0 Å². The summed E-state index contributed by atoms with van der Waals surface area (Å²) in [5, 5.41) is 2.56. The zero-order valence-electron chi connectivity index (χ0n) is 14.8. The van der Waals surface area contributed by atoms with Gasteiger partial charge < -0.3 is 9.73 Å². The van der Waals surface area contributed by atoms with Crippen LogP contribution in [-0.2, 0) is 0 Å². The van der Waals surface area contributed by atoms with Gasteiger partial charge in [-0.05, 0) is 67.9 Å². The first-order valence-corrected chi connectivity index (χ1v) is 8.22. The van der Waals surface area contributed by atoms with Crippen molar-refractivity contribution in [3.63, 3.8) is 0 Å². The van der Waals surface area contributed by atoms with E-state index in [1.807, 2.05) is 19.1 Å². The average molecular weight is 313 g/mol. The Balaban J connectivity index is 2.16. The highest BCUT2D eigenvalue weighted by molar-refractivity contribution is 5.91. The molecule has 0 aliphatic heterocycles. The molecular formula is C20H27NO2. The Labute approximate surface area is 139 Å². The van der Waals surface area contributed by atoms with E-state index in [0.29, 0.717) is 11.5 Å². The van der Waals surface area contributed by atoms with E-state index in [9.17, 15) is 4.79 Å². The Morgan fingerprint density at radius 2 is 2.09 bits per heavy atom. The second-order valence-electron chi connectivity index (χ2n) is 6.93. The molecule has 23 heavy (non-hydrogen) atoms. The number of amides is 1. The summed E-state index contributed by atoms with van der Waals surface area (Å²) in [5.74, 6) is 0.824. The number of allylic oxidation sites excluding steroid dienone is 5. The largest absolute Gasteiger partial charge is 0.452 e. The predicted octanol–water partition coefficient (Wildman–Crippen LogP) is 5.13. The molecule has 124 valence electrons. The lowest BCUT2D eigenvalue weighted by atomic mass is 9.72. The highest BCUT2D eigenvalue weighted by atomic mass is 16.3. The second-order valence-corrected chi connectivity index (χ2v) is 6.93. The molecule has 1 aliphatic carbocycles. The Kier molecular flexibility index (Phi) is 5.30. The van der Waals surface area contributed by atoms with Gasteiger partial charge in [0.15, 0.2) is 5.76 Å². The highest BCUT2D eigenvalue weighted by Crippen LogP contribution is 2.40. The van der Waals surface area contributed by atoms with Crippen molar-refractivity contribution in [3.8, 4) is 0 Å². The standard InChI is InChI=1S/C20H27NO2/c1-14(13-16-9-11-18(23-16)19(22)21-5)8-10-17-15(2)7-6-12-20(17,3)4/h8-11,13H,6-7,12H2,1-5H3,(H,21,22)/b10-8?,14-13+. The van der Waals surface area contributed by atoms with Gasteiger partial charge in [-0.3, -0.25) is 4.79 Å². The average Bonchev–Trinajstić information content (AvgIpc) is 2.93. The van der Waals surface area contributed by atoms with Crippen LogP contribution in [0.5, 0.6) is 0 Å². The lowest BCUT2D eigenvalue weighted by Crippen LogP contribution is -2.19. The van der Waals surface area contributed by atoms with Gasteiger partial charge in [0, 0.05) is 7.05 Å². The van der Waals surface area contributed by atoms with E-state index in [1.54, 1.807) is 13.1 Å². The molecule has 0 unspecified atom stereocenters. The molecule has 0 atom stereocenters. The van der Waals surface area contributed by atoms with Crippen LogP contribution in [0.1, 0.15) is 63.3 Å². The van der Waals surface area contributed by atoms with Gasteiger partial charge in [-0.15, -0.1) is 0 Å². The Morgan fingerprint density at radius 3 is 2.74 bits per heavy atom. The molecule has 0 fully saturated rings. The number of nitrogens with one attached hydrogen (secondary N) is 1. The molecule has 0 aromatic carbocycles. The van der Waals surface area contributed by atoms with Crippen molar-refractivity contribution in [2.75, 3.05) is 7.05 Å². The van der Waals surface area contributed by atoms with E-state index in [1.165, 1.54) is 30.4 Å². The van der Waals surface area contributed by atoms with Gasteiger partial charge in [0.1, 0.15) is 5.76 Å². The smallest absolute Gasteiger partial charge is 0.286 e.